The van der Waals surface area contributed by atoms with Crippen LogP contribution in [0.2, 0.25) is 0 Å². The first-order valence-electron chi connectivity index (χ1n) is 11.8. The number of carbonyl (C=O) groups excluding carboxylic acids is 1. The Morgan fingerprint density at radius 3 is 2.22 bits per heavy atom. The number of amides is 1. The molecule has 4 aromatic rings. The molecule has 0 atom stereocenters. The molecule has 0 unspecified atom stereocenters. The summed E-state index contributed by atoms with van der Waals surface area (Å²) >= 11 is 0. The van der Waals surface area contributed by atoms with Gasteiger partial charge in [0, 0.05) is 17.4 Å². The third-order valence-corrected chi connectivity index (χ3v) is 5.38. The van der Waals surface area contributed by atoms with E-state index in [2.05, 4.69) is 5.32 Å². The Morgan fingerprint density at radius 1 is 0.861 bits per heavy atom. The van der Waals surface area contributed by atoms with Crippen molar-refractivity contribution in [3.63, 3.8) is 0 Å². The standard InChI is InChI=1S/C30H30N2O4/c1-30(2,3)36-29(34)31-19-26-18-27(33)28(35-21-22-11-6-4-7-12-22)20-32(26)25-16-10-15-24(17-25)23-13-8-5-9-14-23/h4-18,20H,19,21H2,1-3H3,(H,31,34). The number of ether oxygens (including phenoxy) is 2. The number of alkyl carbamates (subject to hydrolysis) is 1. The molecule has 1 amide bonds. The normalized spacial score (nSPS) is 11.1. The Bertz CT molecular complexity index is 1370. The van der Waals surface area contributed by atoms with Crippen LogP contribution in [0.3, 0.4) is 0 Å². The molecule has 0 bridgehead atoms. The van der Waals surface area contributed by atoms with E-state index in [0.29, 0.717) is 5.69 Å². The van der Waals surface area contributed by atoms with Crippen molar-refractivity contribution in [1.82, 2.24) is 9.88 Å². The Kier molecular flexibility index (Phi) is 7.54. The Balaban J connectivity index is 1.68. The van der Waals surface area contributed by atoms with Gasteiger partial charge in [0.1, 0.15) is 12.2 Å². The van der Waals surface area contributed by atoms with Crippen molar-refractivity contribution in [3.05, 3.63) is 119 Å². The monoisotopic (exact) mass is 482 g/mol. The summed E-state index contributed by atoms with van der Waals surface area (Å²) in [6.07, 6.45) is 1.13. The SMILES string of the molecule is CC(C)(C)OC(=O)NCc1cc(=O)c(OCc2ccccc2)cn1-c1cccc(-c2ccccc2)c1. The van der Waals surface area contributed by atoms with Crippen molar-refractivity contribution in [2.45, 2.75) is 39.5 Å². The highest BCUT2D eigenvalue weighted by atomic mass is 16.6. The van der Waals surface area contributed by atoms with Crippen LogP contribution in [-0.2, 0) is 17.9 Å². The summed E-state index contributed by atoms with van der Waals surface area (Å²) in [6.45, 7) is 5.79. The first-order valence-corrected chi connectivity index (χ1v) is 11.8. The molecular formula is C30H30N2O4. The molecule has 1 aromatic heterocycles. The summed E-state index contributed by atoms with van der Waals surface area (Å²) in [5.74, 6) is 0.227. The average Bonchev–Trinajstić information content (AvgIpc) is 2.87. The quantitative estimate of drug-likeness (QED) is 0.345. The average molecular weight is 483 g/mol. The molecule has 6 heteroatoms. The highest BCUT2D eigenvalue weighted by Gasteiger charge is 2.17. The van der Waals surface area contributed by atoms with Crippen molar-refractivity contribution in [2.75, 3.05) is 0 Å². The second-order valence-electron chi connectivity index (χ2n) is 9.41. The smallest absolute Gasteiger partial charge is 0.407 e. The lowest BCUT2D eigenvalue weighted by Crippen LogP contribution is -2.33. The zero-order valence-electron chi connectivity index (χ0n) is 20.7. The number of nitrogens with zero attached hydrogens (tertiary/aromatic N) is 1. The summed E-state index contributed by atoms with van der Waals surface area (Å²) in [6, 6.07) is 29.2. The zero-order valence-corrected chi connectivity index (χ0v) is 20.7. The minimum atomic E-state index is -0.622. The highest BCUT2D eigenvalue weighted by molar-refractivity contribution is 5.68. The molecule has 0 saturated heterocycles. The summed E-state index contributed by atoms with van der Waals surface area (Å²) in [7, 11) is 0. The molecule has 3 aromatic carbocycles. The van der Waals surface area contributed by atoms with Crippen LogP contribution in [0.25, 0.3) is 16.8 Å². The van der Waals surface area contributed by atoms with Crippen molar-refractivity contribution < 1.29 is 14.3 Å². The third kappa shape index (κ3) is 6.63. The minimum Gasteiger partial charge on any atom is -0.483 e. The molecule has 1 heterocycles. The Hall–Kier alpha value is -4.32. The predicted octanol–water partition coefficient (Wildman–Crippen LogP) is 6.11. The molecule has 0 aliphatic carbocycles. The molecule has 36 heavy (non-hydrogen) atoms. The second kappa shape index (κ2) is 11.0. The predicted molar refractivity (Wildman–Crippen MR) is 141 cm³/mol. The molecule has 4 rings (SSSR count). The van der Waals surface area contributed by atoms with Gasteiger partial charge in [0.15, 0.2) is 5.75 Å². The molecule has 0 fully saturated rings. The van der Waals surface area contributed by atoms with E-state index in [-0.39, 0.29) is 24.3 Å². The number of hydrogen-bond donors (Lipinski definition) is 1. The van der Waals surface area contributed by atoms with Crippen LogP contribution in [0, 0.1) is 0 Å². The van der Waals surface area contributed by atoms with E-state index in [0.717, 1.165) is 22.4 Å². The van der Waals surface area contributed by atoms with Crippen LogP contribution < -0.4 is 15.5 Å². The first-order chi connectivity index (χ1) is 17.3. The summed E-state index contributed by atoms with van der Waals surface area (Å²) in [4.78, 5) is 25.2. The molecule has 0 radical (unpaired) electrons. The van der Waals surface area contributed by atoms with Crippen LogP contribution in [0.1, 0.15) is 32.0 Å². The van der Waals surface area contributed by atoms with Crippen molar-refractivity contribution in [1.29, 1.82) is 0 Å². The van der Waals surface area contributed by atoms with Crippen LogP contribution in [0.4, 0.5) is 4.79 Å². The lowest BCUT2D eigenvalue weighted by molar-refractivity contribution is 0.0522. The number of pyridine rings is 1. The number of benzene rings is 3. The topological polar surface area (TPSA) is 69.6 Å². The molecule has 184 valence electrons. The summed E-state index contributed by atoms with van der Waals surface area (Å²) in [5, 5.41) is 2.75. The first kappa shape index (κ1) is 24.8. The van der Waals surface area contributed by atoms with E-state index >= 15 is 0 Å². The van der Waals surface area contributed by atoms with Crippen LogP contribution >= 0.6 is 0 Å². The largest absolute Gasteiger partial charge is 0.483 e. The van der Waals surface area contributed by atoms with E-state index < -0.39 is 11.7 Å². The van der Waals surface area contributed by atoms with Crippen LogP contribution in [0.15, 0.2) is 102 Å². The number of nitrogens with one attached hydrogen (secondary N) is 1. The van der Waals surface area contributed by atoms with E-state index in [1.807, 2.05) is 89.5 Å². The van der Waals surface area contributed by atoms with Gasteiger partial charge in [0.25, 0.3) is 0 Å². The van der Waals surface area contributed by atoms with Gasteiger partial charge in [-0.15, -0.1) is 0 Å². The maximum absolute atomic E-state index is 12.9. The molecule has 0 spiro atoms. The van der Waals surface area contributed by atoms with E-state index in [1.54, 1.807) is 27.0 Å². The Morgan fingerprint density at radius 2 is 1.53 bits per heavy atom. The van der Waals surface area contributed by atoms with Crippen molar-refractivity contribution in [2.24, 2.45) is 0 Å². The lowest BCUT2D eigenvalue weighted by Gasteiger charge is -2.21. The van der Waals surface area contributed by atoms with Crippen LogP contribution in [0.5, 0.6) is 5.75 Å². The van der Waals surface area contributed by atoms with E-state index in [1.165, 1.54) is 6.07 Å². The van der Waals surface area contributed by atoms with Gasteiger partial charge >= 0.3 is 6.09 Å². The zero-order chi connectivity index (χ0) is 25.5. The number of carbonyl (C=O) groups is 1. The number of hydrogen-bond acceptors (Lipinski definition) is 4. The van der Waals surface area contributed by atoms with Crippen molar-refractivity contribution in [3.8, 4) is 22.6 Å². The second-order valence-corrected chi connectivity index (χ2v) is 9.41. The van der Waals surface area contributed by atoms with E-state index in [4.69, 9.17) is 9.47 Å². The Labute approximate surface area is 211 Å². The maximum atomic E-state index is 12.9. The van der Waals surface area contributed by atoms with Gasteiger partial charge in [-0.05, 0) is 49.6 Å². The number of aromatic nitrogens is 1. The van der Waals surface area contributed by atoms with Gasteiger partial charge in [-0.3, -0.25) is 4.79 Å². The fraction of sp³-hybridized carbons (Fsp3) is 0.200. The number of rotatable bonds is 7. The van der Waals surface area contributed by atoms with Gasteiger partial charge in [0.2, 0.25) is 5.43 Å². The van der Waals surface area contributed by atoms with Gasteiger partial charge in [-0.25, -0.2) is 4.79 Å². The van der Waals surface area contributed by atoms with Gasteiger partial charge < -0.3 is 19.4 Å². The summed E-state index contributed by atoms with van der Waals surface area (Å²) < 4.78 is 13.1. The third-order valence-electron chi connectivity index (χ3n) is 5.38. The molecule has 6 nitrogen and oxygen atoms in total. The maximum Gasteiger partial charge on any atom is 0.407 e. The van der Waals surface area contributed by atoms with Crippen molar-refractivity contribution >= 4 is 6.09 Å². The fourth-order valence-corrected chi connectivity index (χ4v) is 3.72. The molecule has 1 N–H and O–H groups in total. The van der Waals surface area contributed by atoms with Gasteiger partial charge in [-0.1, -0.05) is 72.8 Å². The molecule has 0 aliphatic heterocycles. The van der Waals surface area contributed by atoms with Gasteiger partial charge in [0.05, 0.1) is 12.7 Å². The van der Waals surface area contributed by atoms with Gasteiger partial charge in [-0.2, -0.15) is 0 Å². The summed E-state index contributed by atoms with van der Waals surface area (Å²) in [5.41, 5.74) is 3.62. The van der Waals surface area contributed by atoms with E-state index in [9.17, 15) is 9.59 Å². The molecule has 0 saturated carbocycles. The lowest BCUT2D eigenvalue weighted by atomic mass is 10.1. The molecule has 0 aliphatic rings. The highest BCUT2D eigenvalue weighted by Crippen LogP contribution is 2.24. The van der Waals surface area contributed by atoms with Crippen LogP contribution in [-0.4, -0.2) is 16.3 Å². The fourth-order valence-electron chi connectivity index (χ4n) is 3.72. The minimum absolute atomic E-state index is 0.110. The molecular weight excluding hydrogens is 452 g/mol.